The fraction of sp³-hybridized carbons (Fsp3) is 0.889. The van der Waals surface area contributed by atoms with Crippen LogP contribution < -0.4 is 5.73 Å². The van der Waals surface area contributed by atoms with Crippen LogP contribution in [0.2, 0.25) is 0 Å². The molecule has 6 nitrogen and oxygen atoms in total. The summed E-state index contributed by atoms with van der Waals surface area (Å²) in [6.07, 6.45) is 1.26. The van der Waals surface area contributed by atoms with Gasteiger partial charge in [-0.25, -0.2) is 0 Å². The molecule has 1 spiro atoms. The molecule has 2 heterocycles. The largest absolute Gasteiger partial charge is 0.480 e. The SMILES string of the molecule is NC1(C(=O)O)COC2(CCOCC2)OC1. The van der Waals surface area contributed by atoms with Crippen LogP contribution in [0, 0.1) is 0 Å². The monoisotopic (exact) mass is 217 g/mol. The summed E-state index contributed by atoms with van der Waals surface area (Å²) in [6, 6.07) is 0. The zero-order valence-corrected chi connectivity index (χ0v) is 8.40. The molecule has 3 N–H and O–H groups in total. The Hall–Kier alpha value is -0.690. The summed E-state index contributed by atoms with van der Waals surface area (Å²) < 4.78 is 16.1. The molecule has 0 amide bonds. The summed E-state index contributed by atoms with van der Waals surface area (Å²) in [7, 11) is 0. The first kappa shape index (κ1) is 10.8. The van der Waals surface area contributed by atoms with Crippen molar-refractivity contribution in [3.05, 3.63) is 0 Å². The van der Waals surface area contributed by atoms with Crippen LogP contribution in [-0.4, -0.2) is 48.8 Å². The number of hydrogen-bond acceptors (Lipinski definition) is 5. The first-order chi connectivity index (χ1) is 7.06. The zero-order chi connectivity index (χ0) is 10.9. The second-order valence-electron chi connectivity index (χ2n) is 4.06. The minimum Gasteiger partial charge on any atom is -0.480 e. The topological polar surface area (TPSA) is 91.0 Å². The smallest absolute Gasteiger partial charge is 0.328 e. The highest BCUT2D eigenvalue weighted by Gasteiger charge is 2.47. The molecule has 2 rings (SSSR count). The van der Waals surface area contributed by atoms with Crippen LogP contribution in [0.1, 0.15) is 12.8 Å². The van der Waals surface area contributed by atoms with Gasteiger partial charge in [0.1, 0.15) is 0 Å². The Kier molecular flexibility index (Phi) is 2.68. The van der Waals surface area contributed by atoms with Crippen molar-refractivity contribution in [2.24, 2.45) is 5.73 Å². The molecule has 0 saturated carbocycles. The Labute approximate surface area is 87.3 Å². The van der Waals surface area contributed by atoms with E-state index in [1.54, 1.807) is 0 Å². The number of carboxylic acids is 1. The van der Waals surface area contributed by atoms with E-state index in [0.717, 1.165) is 0 Å². The number of rotatable bonds is 1. The van der Waals surface area contributed by atoms with Gasteiger partial charge < -0.3 is 25.1 Å². The van der Waals surface area contributed by atoms with Crippen molar-refractivity contribution < 1.29 is 24.1 Å². The third kappa shape index (κ3) is 1.98. The van der Waals surface area contributed by atoms with E-state index in [-0.39, 0.29) is 13.2 Å². The lowest BCUT2D eigenvalue weighted by molar-refractivity contribution is -0.308. The van der Waals surface area contributed by atoms with Gasteiger partial charge in [0.25, 0.3) is 0 Å². The van der Waals surface area contributed by atoms with Crippen molar-refractivity contribution in [2.75, 3.05) is 26.4 Å². The van der Waals surface area contributed by atoms with Crippen LogP contribution >= 0.6 is 0 Å². The lowest BCUT2D eigenvalue weighted by Gasteiger charge is -2.44. The molecule has 0 aliphatic carbocycles. The Morgan fingerprint density at radius 2 is 1.73 bits per heavy atom. The lowest BCUT2D eigenvalue weighted by Crippen LogP contribution is -2.63. The lowest BCUT2D eigenvalue weighted by atomic mass is 9.99. The Bertz CT molecular complexity index is 251. The Balaban J connectivity index is 1.99. The molecule has 0 atom stereocenters. The van der Waals surface area contributed by atoms with Gasteiger partial charge in [0.05, 0.1) is 26.4 Å². The van der Waals surface area contributed by atoms with Crippen molar-refractivity contribution in [1.29, 1.82) is 0 Å². The minimum atomic E-state index is -1.41. The van der Waals surface area contributed by atoms with Crippen molar-refractivity contribution in [2.45, 2.75) is 24.2 Å². The van der Waals surface area contributed by atoms with Gasteiger partial charge in [-0.1, -0.05) is 0 Å². The molecule has 0 bridgehead atoms. The third-order valence-electron chi connectivity index (χ3n) is 2.87. The summed E-state index contributed by atoms with van der Waals surface area (Å²) in [4.78, 5) is 10.8. The molecule has 6 heteroatoms. The van der Waals surface area contributed by atoms with Gasteiger partial charge in [-0.3, -0.25) is 4.79 Å². The highest BCUT2D eigenvalue weighted by Crippen LogP contribution is 2.31. The Morgan fingerprint density at radius 1 is 1.20 bits per heavy atom. The number of hydrogen-bond donors (Lipinski definition) is 2. The van der Waals surface area contributed by atoms with Gasteiger partial charge in [0.15, 0.2) is 11.3 Å². The van der Waals surface area contributed by atoms with E-state index >= 15 is 0 Å². The van der Waals surface area contributed by atoms with E-state index in [0.29, 0.717) is 26.1 Å². The van der Waals surface area contributed by atoms with Crippen LogP contribution in [0.5, 0.6) is 0 Å². The van der Waals surface area contributed by atoms with Gasteiger partial charge in [0.2, 0.25) is 0 Å². The molecule has 0 radical (unpaired) electrons. The zero-order valence-electron chi connectivity index (χ0n) is 8.40. The van der Waals surface area contributed by atoms with E-state index < -0.39 is 17.3 Å². The van der Waals surface area contributed by atoms with Gasteiger partial charge in [-0.05, 0) is 0 Å². The second kappa shape index (κ2) is 3.71. The summed E-state index contributed by atoms with van der Waals surface area (Å²) in [6.45, 7) is 1.12. The van der Waals surface area contributed by atoms with E-state index in [2.05, 4.69) is 0 Å². The molecule has 2 aliphatic heterocycles. The summed E-state index contributed by atoms with van der Waals surface area (Å²) in [5.74, 6) is -1.76. The van der Waals surface area contributed by atoms with Crippen LogP contribution in [0.25, 0.3) is 0 Å². The molecule has 2 fully saturated rings. The molecular weight excluding hydrogens is 202 g/mol. The predicted octanol–water partition coefficient (Wildman–Crippen LogP) is -0.678. The number of nitrogens with two attached hydrogens (primary N) is 1. The number of carbonyl (C=O) groups is 1. The quantitative estimate of drug-likeness (QED) is 0.605. The van der Waals surface area contributed by atoms with Crippen molar-refractivity contribution in [3.8, 4) is 0 Å². The maximum atomic E-state index is 10.8. The van der Waals surface area contributed by atoms with Gasteiger partial charge >= 0.3 is 5.97 Å². The fourth-order valence-electron chi connectivity index (χ4n) is 1.70. The molecule has 15 heavy (non-hydrogen) atoms. The first-order valence-corrected chi connectivity index (χ1v) is 4.94. The van der Waals surface area contributed by atoms with Gasteiger partial charge in [-0.2, -0.15) is 0 Å². The van der Waals surface area contributed by atoms with Gasteiger partial charge in [-0.15, -0.1) is 0 Å². The molecule has 0 aromatic rings. The molecule has 0 unspecified atom stereocenters. The van der Waals surface area contributed by atoms with Crippen LogP contribution in [0.15, 0.2) is 0 Å². The van der Waals surface area contributed by atoms with Crippen molar-refractivity contribution >= 4 is 5.97 Å². The Morgan fingerprint density at radius 3 is 2.20 bits per heavy atom. The maximum absolute atomic E-state index is 10.8. The van der Waals surface area contributed by atoms with E-state index in [1.807, 2.05) is 0 Å². The van der Waals surface area contributed by atoms with Crippen LogP contribution in [-0.2, 0) is 19.0 Å². The number of aliphatic carboxylic acids is 1. The van der Waals surface area contributed by atoms with E-state index in [9.17, 15) is 4.79 Å². The average molecular weight is 217 g/mol. The standard InChI is InChI=1S/C9H15NO5/c10-8(7(11)12)5-14-9(15-6-8)1-3-13-4-2-9/h1-6,10H2,(H,11,12). The number of ether oxygens (including phenoxy) is 3. The molecule has 0 aromatic heterocycles. The number of carboxylic acid groups (broad SMARTS) is 1. The molecule has 0 aromatic carbocycles. The predicted molar refractivity (Wildman–Crippen MR) is 49.2 cm³/mol. The van der Waals surface area contributed by atoms with Gasteiger partial charge in [0, 0.05) is 12.8 Å². The third-order valence-corrected chi connectivity index (χ3v) is 2.87. The van der Waals surface area contributed by atoms with E-state index in [4.69, 9.17) is 25.1 Å². The van der Waals surface area contributed by atoms with E-state index in [1.165, 1.54) is 0 Å². The molecule has 2 saturated heterocycles. The average Bonchev–Trinajstić information content (AvgIpc) is 2.24. The van der Waals surface area contributed by atoms with Crippen molar-refractivity contribution in [1.82, 2.24) is 0 Å². The summed E-state index contributed by atoms with van der Waals surface area (Å²) in [5.41, 5.74) is 4.20. The minimum absolute atomic E-state index is 0.0116. The molecule has 86 valence electrons. The van der Waals surface area contributed by atoms with Crippen LogP contribution in [0.3, 0.4) is 0 Å². The maximum Gasteiger partial charge on any atom is 0.328 e. The molecular formula is C9H15NO5. The first-order valence-electron chi connectivity index (χ1n) is 4.94. The second-order valence-corrected chi connectivity index (χ2v) is 4.06. The highest BCUT2D eigenvalue weighted by molar-refractivity contribution is 5.79. The normalized spacial score (nSPS) is 28.9. The highest BCUT2D eigenvalue weighted by atomic mass is 16.7. The fourth-order valence-corrected chi connectivity index (χ4v) is 1.70. The van der Waals surface area contributed by atoms with Crippen molar-refractivity contribution in [3.63, 3.8) is 0 Å². The van der Waals surface area contributed by atoms with Crippen LogP contribution in [0.4, 0.5) is 0 Å². The molecule has 2 aliphatic rings. The summed E-state index contributed by atoms with van der Waals surface area (Å²) >= 11 is 0. The summed E-state index contributed by atoms with van der Waals surface area (Å²) in [5, 5.41) is 8.87.